The summed E-state index contributed by atoms with van der Waals surface area (Å²) in [5.41, 5.74) is 1.98. The fourth-order valence-corrected chi connectivity index (χ4v) is 3.33. The van der Waals surface area contributed by atoms with Crippen LogP contribution in [-0.4, -0.2) is 46.0 Å². The second kappa shape index (κ2) is 11.9. The van der Waals surface area contributed by atoms with Crippen LogP contribution in [-0.2, 0) is 13.0 Å². The summed E-state index contributed by atoms with van der Waals surface area (Å²) in [6.07, 6.45) is 2.80. The Morgan fingerprint density at radius 2 is 1.70 bits per heavy atom. The zero-order chi connectivity index (χ0) is 21.9. The van der Waals surface area contributed by atoms with Crippen LogP contribution in [0.15, 0.2) is 27.7 Å². The molecule has 2 N–H and O–H groups in total. The second-order valence-electron chi connectivity index (χ2n) is 6.84. The standard InChI is InChI=1S/C22H34N4O4/c1-7-15(8-2)19-11-17(30-26-19)14-25-22(23-3)24-10-9-18-20(28-5)12-16(27-4)13-21(18)29-6/h11-13,15H,7-10,14H2,1-6H3,(H2,23,24,25). The number of nitrogens with one attached hydrogen (secondary N) is 2. The van der Waals surface area contributed by atoms with Crippen molar-refractivity contribution in [3.63, 3.8) is 0 Å². The average molecular weight is 419 g/mol. The quantitative estimate of drug-likeness (QED) is 0.426. The van der Waals surface area contributed by atoms with E-state index < -0.39 is 0 Å². The highest BCUT2D eigenvalue weighted by molar-refractivity contribution is 5.79. The van der Waals surface area contributed by atoms with Gasteiger partial charge in [0, 0.05) is 43.3 Å². The number of hydrogen-bond donors (Lipinski definition) is 2. The van der Waals surface area contributed by atoms with E-state index in [4.69, 9.17) is 18.7 Å². The van der Waals surface area contributed by atoms with Gasteiger partial charge in [0.15, 0.2) is 11.7 Å². The van der Waals surface area contributed by atoms with Crippen molar-refractivity contribution in [2.24, 2.45) is 4.99 Å². The lowest BCUT2D eigenvalue weighted by Gasteiger charge is -2.16. The summed E-state index contributed by atoms with van der Waals surface area (Å²) in [6, 6.07) is 5.73. The van der Waals surface area contributed by atoms with Crippen molar-refractivity contribution in [2.75, 3.05) is 34.9 Å². The Labute approximate surface area is 179 Å². The van der Waals surface area contributed by atoms with Crippen molar-refractivity contribution in [1.29, 1.82) is 0 Å². The van der Waals surface area contributed by atoms with Crippen LogP contribution in [0.25, 0.3) is 0 Å². The molecule has 0 amide bonds. The fraction of sp³-hybridized carbons (Fsp3) is 0.545. The molecule has 1 heterocycles. The number of hydrogen-bond acceptors (Lipinski definition) is 6. The molecule has 0 spiro atoms. The first-order chi connectivity index (χ1) is 14.6. The van der Waals surface area contributed by atoms with Crippen molar-refractivity contribution in [3.05, 3.63) is 35.2 Å². The van der Waals surface area contributed by atoms with E-state index >= 15 is 0 Å². The Balaban J connectivity index is 1.92. The highest BCUT2D eigenvalue weighted by Crippen LogP contribution is 2.34. The lowest BCUT2D eigenvalue weighted by Crippen LogP contribution is -2.37. The van der Waals surface area contributed by atoms with Gasteiger partial charge in [0.25, 0.3) is 0 Å². The fourth-order valence-electron chi connectivity index (χ4n) is 3.33. The maximum absolute atomic E-state index is 5.51. The number of ether oxygens (including phenoxy) is 3. The van der Waals surface area contributed by atoms with Gasteiger partial charge in [0.2, 0.25) is 0 Å². The predicted molar refractivity (Wildman–Crippen MR) is 118 cm³/mol. The minimum absolute atomic E-state index is 0.439. The van der Waals surface area contributed by atoms with Gasteiger partial charge >= 0.3 is 0 Å². The van der Waals surface area contributed by atoms with Gasteiger partial charge in [-0.1, -0.05) is 19.0 Å². The molecule has 1 aromatic heterocycles. The Kier molecular flexibility index (Phi) is 9.31. The first kappa shape index (κ1) is 23.4. The van der Waals surface area contributed by atoms with Gasteiger partial charge in [0.1, 0.15) is 17.2 Å². The van der Waals surface area contributed by atoms with Crippen LogP contribution in [0, 0.1) is 0 Å². The summed E-state index contributed by atoms with van der Waals surface area (Å²) in [6.45, 7) is 5.49. The van der Waals surface area contributed by atoms with Crippen LogP contribution in [0.1, 0.15) is 49.6 Å². The Morgan fingerprint density at radius 3 is 2.23 bits per heavy atom. The Hall–Kier alpha value is -2.90. The van der Waals surface area contributed by atoms with E-state index in [9.17, 15) is 0 Å². The van der Waals surface area contributed by atoms with Gasteiger partial charge in [-0.3, -0.25) is 4.99 Å². The third-order valence-corrected chi connectivity index (χ3v) is 5.12. The van der Waals surface area contributed by atoms with Gasteiger partial charge < -0.3 is 29.4 Å². The lowest BCUT2D eigenvalue weighted by atomic mass is 9.99. The molecule has 0 fully saturated rings. The van der Waals surface area contributed by atoms with E-state index in [2.05, 4.69) is 34.6 Å². The molecule has 2 rings (SSSR count). The molecule has 30 heavy (non-hydrogen) atoms. The number of benzene rings is 1. The summed E-state index contributed by atoms with van der Waals surface area (Å²) in [4.78, 5) is 4.27. The van der Waals surface area contributed by atoms with E-state index in [0.29, 0.717) is 37.1 Å². The van der Waals surface area contributed by atoms with Crippen molar-refractivity contribution < 1.29 is 18.7 Å². The van der Waals surface area contributed by atoms with Crippen molar-refractivity contribution in [3.8, 4) is 17.2 Å². The minimum atomic E-state index is 0.439. The second-order valence-corrected chi connectivity index (χ2v) is 6.84. The molecule has 0 aliphatic rings. The first-order valence-corrected chi connectivity index (χ1v) is 10.3. The van der Waals surface area contributed by atoms with Crippen LogP contribution >= 0.6 is 0 Å². The Morgan fingerprint density at radius 1 is 1.03 bits per heavy atom. The average Bonchev–Trinajstić information content (AvgIpc) is 3.25. The van der Waals surface area contributed by atoms with Gasteiger partial charge in [-0.15, -0.1) is 0 Å². The van der Waals surface area contributed by atoms with Crippen LogP contribution < -0.4 is 24.8 Å². The lowest BCUT2D eigenvalue weighted by molar-refractivity contribution is 0.367. The third kappa shape index (κ3) is 6.05. The monoisotopic (exact) mass is 418 g/mol. The highest BCUT2D eigenvalue weighted by atomic mass is 16.5. The normalized spacial score (nSPS) is 11.5. The van der Waals surface area contributed by atoms with Gasteiger partial charge in [-0.05, 0) is 19.3 Å². The minimum Gasteiger partial charge on any atom is -0.496 e. The number of aromatic nitrogens is 1. The number of methoxy groups -OCH3 is 3. The molecule has 0 saturated carbocycles. The third-order valence-electron chi connectivity index (χ3n) is 5.12. The molecule has 166 valence electrons. The number of rotatable bonds is 11. The van der Waals surface area contributed by atoms with E-state index in [1.807, 2.05) is 18.2 Å². The molecule has 8 nitrogen and oxygen atoms in total. The van der Waals surface area contributed by atoms with Gasteiger partial charge in [0.05, 0.1) is 33.6 Å². The molecule has 0 unspecified atom stereocenters. The van der Waals surface area contributed by atoms with Crippen LogP contribution in [0.5, 0.6) is 17.2 Å². The van der Waals surface area contributed by atoms with Gasteiger partial charge in [-0.2, -0.15) is 0 Å². The molecular formula is C22H34N4O4. The summed E-state index contributed by atoms with van der Waals surface area (Å²) >= 11 is 0. The van der Waals surface area contributed by atoms with Gasteiger partial charge in [-0.25, -0.2) is 0 Å². The number of guanidine groups is 1. The highest BCUT2D eigenvalue weighted by Gasteiger charge is 2.15. The van der Waals surface area contributed by atoms with Crippen LogP contribution in [0.2, 0.25) is 0 Å². The molecule has 1 aromatic carbocycles. The molecule has 8 heteroatoms. The van der Waals surface area contributed by atoms with Crippen LogP contribution in [0.3, 0.4) is 0 Å². The predicted octanol–water partition coefficient (Wildman–Crippen LogP) is 3.51. The topological polar surface area (TPSA) is 90.1 Å². The number of aliphatic imine (C=N–C) groups is 1. The first-order valence-electron chi connectivity index (χ1n) is 10.3. The molecule has 0 bridgehead atoms. The van der Waals surface area contributed by atoms with Crippen LogP contribution in [0.4, 0.5) is 0 Å². The summed E-state index contributed by atoms with van der Waals surface area (Å²) in [5, 5.41) is 10.8. The van der Waals surface area contributed by atoms with Crippen molar-refractivity contribution in [1.82, 2.24) is 15.8 Å². The largest absolute Gasteiger partial charge is 0.496 e. The van der Waals surface area contributed by atoms with Crippen molar-refractivity contribution >= 4 is 5.96 Å². The maximum atomic E-state index is 5.51. The summed E-state index contributed by atoms with van der Waals surface area (Å²) < 4.78 is 21.8. The van der Waals surface area contributed by atoms with E-state index in [1.54, 1.807) is 28.4 Å². The molecule has 0 aliphatic carbocycles. The smallest absolute Gasteiger partial charge is 0.191 e. The molecule has 0 atom stereocenters. The van der Waals surface area contributed by atoms with E-state index in [-0.39, 0.29) is 0 Å². The zero-order valence-electron chi connectivity index (χ0n) is 18.9. The molecular weight excluding hydrogens is 384 g/mol. The molecule has 2 aromatic rings. The number of nitrogens with zero attached hydrogens (tertiary/aromatic N) is 2. The van der Waals surface area contributed by atoms with E-state index in [0.717, 1.165) is 41.4 Å². The summed E-state index contributed by atoms with van der Waals surface area (Å²) in [5.74, 6) is 4.06. The molecule has 0 saturated heterocycles. The SMILES string of the molecule is CCC(CC)c1cc(CNC(=NC)NCCc2c(OC)cc(OC)cc2OC)on1. The molecule has 0 radical (unpaired) electrons. The molecule has 0 aliphatic heterocycles. The van der Waals surface area contributed by atoms with E-state index in [1.165, 1.54) is 0 Å². The summed E-state index contributed by atoms with van der Waals surface area (Å²) in [7, 11) is 6.63. The van der Waals surface area contributed by atoms with Crippen molar-refractivity contribution in [2.45, 2.75) is 45.6 Å². The zero-order valence-corrected chi connectivity index (χ0v) is 18.9. The maximum Gasteiger partial charge on any atom is 0.191 e. The Bertz CT molecular complexity index is 790.